The first kappa shape index (κ1) is 9.20. The van der Waals surface area contributed by atoms with Crippen molar-refractivity contribution in [1.82, 2.24) is 0 Å². The maximum Gasteiger partial charge on any atom is 0.0247 e. The van der Waals surface area contributed by atoms with E-state index in [1.807, 2.05) is 0 Å². The number of hydrogen-bond donors (Lipinski definition) is 0. The zero-order chi connectivity index (χ0) is 9.97. The van der Waals surface area contributed by atoms with Crippen LogP contribution in [0.3, 0.4) is 0 Å². The molecule has 0 amide bonds. The maximum absolute atomic E-state index is 2.65. The zero-order valence-electron chi connectivity index (χ0n) is 8.73. The molecule has 0 heterocycles. The van der Waals surface area contributed by atoms with Crippen LogP contribution in [0.15, 0.2) is 18.2 Å². The molecule has 0 saturated heterocycles. The smallest absolute Gasteiger partial charge is 0.0247 e. The van der Waals surface area contributed by atoms with Gasteiger partial charge in [-0.2, -0.15) is 0 Å². The molecule has 1 heteroatoms. The van der Waals surface area contributed by atoms with E-state index in [0.29, 0.717) is 8.84 Å². The van der Waals surface area contributed by atoms with Crippen LogP contribution < -0.4 is 0 Å². The summed E-state index contributed by atoms with van der Waals surface area (Å²) in [5, 5.41) is 0. The SMILES string of the molecule is Cc1cc(C)cc(C23CC(I)(C2)C3)c1. The van der Waals surface area contributed by atoms with Crippen molar-refractivity contribution in [3.63, 3.8) is 0 Å². The van der Waals surface area contributed by atoms with Crippen molar-refractivity contribution in [2.24, 2.45) is 0 Å². The molecule has 0 aromatic heterocycles. The fourth-order valence-electron chi connectivity index (χ4n) is 3.25. The maximum atomic E-state index is 2.65. The molecule has 0 aliphatic heterocycles. The Hall–Kier alpha value is -0.0500. The second-order valence-corrected chi connectivity index (χ2v) is 7.63. The van der Waals surface area contributed by atoms with Crippen LogP contribution in [0.25, 0.3) is 0 Å². The highest BCUT2D eigenvalue weighted by Crippen LogP contribution is 2.72. The van der Waals surface area contributed by atoms with E-state index in [-0.39, 0.29) is 0 Å². The monoisotopic (exact) mass is 298 g/mol. The Morgan fingerprint density at radius 1 is 1.00 bits per heavy atom. The van der Waals surface area contributed by atoms with Gasteiger partial charge in [-0.1, -0.05) is 51.9 Å². The van der Waals surface area contributed by atoms with Gasteiger partial charge >= 0.3 is 0 Å². The Kier molecular flexibility index (Phi) is 1.67. The quantitative estimate of drug-likeness (QED) is 0.544. The molecular formula is C13H15I. The van der Waals surface area contributed by atoms with E-state index >= 15 is 0 Å². The predicted octanol–water partition coefficient (Wildman–Crippen LogP) is 3.91. The summed E-state index contributed by atoms with van der Waals surface area (Å²) in [5.74, 6) is 0. The minimum absolute atomic E-state index is 0.595. The highest BCUT2D eigenvalue weighted by Gasteiger charge is 2.66. The average Bonchev–Trinajstić information content (AvgIpc) is 1.94. The Morgan fingerprint density at radius 2 is 1.50 bits per heavy atom. The van der Waals surface area contributed by atoms with Crippen LogP contribution in [0, 0.1) is 13.8 Å². The highest BCUT2D eigenvalue weighted by atomic mass is 127. The van der Waals surface area contributed by atoms with Gasteiger partial charge in [0, 0.05) is 3.42 Å². The largest absolute Gasteiger partial charge is 0.0788 e. The van der Waals surface area contributed by atoms with Gasteiger partial charge in [0.2, 0.25) is 0 Å². The number of halogens is 1. The molecule has 4 rings (SSSR count). The summed E-state index contributed by atoms with van der Waals surface area (Å²) >= 11 is 2.65. The van der Waals surface area contributed by atoms with Gasteiger partial charge in [-0.15, -0.1) is 0 Å². The fraction of sp³-hybridized carbons (Fsp3) is 0.538. The first-order valence-electron chi connectivity index (χ1n) is 5.29. The molecule has 0 N–H and O–H groups in total. The Labute approximate surface area is 99.2 Å². The van der Waals surface area contributed by atoms with Gasteiger partial charge in [-0.25, -0.2) is 0 Å². The first-order chi connectivity index (χ1) is 6.51. The predicted molar refractivity (Wildman–Crippen MR) is 68.2 cm³/mol. The molecule has 0 unspecified atom stereocenters. The summed E-state index contributed by atoms with van der Waals surface area (Å²) in [6.07, 6.45) is 4.26. The minimum Gasteiger partial charge on any atom is -0.0788 e. The van der Waals surface area contributed by atoms with E-state index in [9.17, 15) is 0 Å². The van der Waals surface area contributed by atoms with Gasteiger partial charge in [-0.3, -0.25) is 0 Å². The summed E-state index contributed by atoms with van der Waals surface area (Å²) in [7, 11) is 0. The second-order valence-electron chi connectivity index (χ2n) is 5.34. The number of alkyl halides is 1. The molecule has 0 radical (unpaired) electrons. The van der Waals surface area contributed by atoms with Gasteiger partial charge in [-0.05, 0) is 44.1 Å². The van der Waals surface area contributed by atoms with Crippen molar-refractivity contribution in [2.45, 2.75) is 41.9 Å². The molecule has 1 aromatic rings. The van der Waals surface area contributed by atoms with Crippen LogP contribution in [0.5, 0.6) is 0 Å². The van der Waals surface area contributed by atoms with Crippen molar-refractivity contribution in [3.8, 4) is 0 Å². The number of benzene rings is 1. The van der Waals surface area contributed by atoms with Crippen LogP contribution in [0.1, 0.15) is 36.0 Å². The van der Waals surface area contributed by atoms with E-state index in [1.54, 1.807) is 5.56 Å². The summed E-state index contributed by atoms with van der Waals surface area (Å²) in [6, 6.07) is 7.06. The number of rotatable bonds is 1. The Morgan fingerprint density at radius 3 is 1.93 bits per heavy atom. The summed E-state index contributed by atoms with van der Waals surface area (Å²) < 4.78 is 0.690. The fourth-order valence-corrected chi connectivity index (χ4v) is 5.44. The minimum atomic E-state index is 0.595. The van der Waals surface area contributed by atoms with Crippen molar-refractivity contribution in [2.75, 3.05) is 0 Å². The molecule has 3 saturated carbocycles. The lowest BCUT2D eigenvalue weighted by Crippen LogP contribution is -2.65. The van der Waals surface area contributed by atoms with E-state index < -0.39 is 0 Å². The van der Waals surface area contributed by atoms with E-state index in [1.165, 1.54) is 30.4 Å². The molecule has 3 fully saturated rings. The molecule has 2 bridgehead atoms. The standard InChI is InChI=1S/C13H15I/c1-9-3-10(2)5-11(4-9)12-6-13(14,7-12)8-12/h3-5H,6-8H2,1-2H3. The number of hydrogen-bond acceptors (Lipinski definition) is 0. The third-order valence-corrected chi connectivity index (χ3v) is 4.94. The second kappa shape index (κ2) is 2.55. The van der Waals surface area contributed by atoms with Gasteiger partial charge in [0.25, 0.3) is 0 Å². The van der Waals surface area contributed by atoms with Crippen molar-refractivity contribution in [1.29, 1.82) is 0 Å². The Bertz CT molecular complexity index is 366. The average molecular weight is 298 g/mol. The zero-order valence-corrected chi connectivity index (χ0v) is 10.9. The Balaban J connectivity index is 1.98. The van der Waals surface area contributed by atoms with Crippen LogP contribution in [0.2, 0.25) is 0 Å². The van der Waals surface area contributed by atoms with Gasteiger partial charge in [0.15, 0.2) is 0 Å². The lowest BCUT2D eigenvalue weighted by Gasteiger charge is -2.68. The highest BCUT2D eigenvalue weighted by molar-refractivity contribution is 14.1. The number of aryl methyl sites for hydroxylation is 2. The van der Waals surface area contributed by atoms with E-state index in [0.717, 1.165) is 0 Å². The topological polar surface area (TPSA) is 0 Å². The van der Waals surface area contributed by atoms with Crippen LogP contribution in [-0.2, 0) is 5.41 Å². The summed E-state index contributed by atoms with van der Waals surface area (Å²) in [4.78, 5) is 0. The molecule has 74 valence electrons. The molecular weight excluding hydrogens is 283 g/mol. The molecule has 0 nitrogen and oxygen atoms in total. The van der Waals surface area contributed by atoms with Gasteiger partial charge in [0.1, 0.15) is 0 Å². The third kappa shape index (κ3) is 1.11. The van der Waals surface area contributed by atoms with Crippen LogP contribution in [0.4, 0.5) is 0 Å². The third-order valence-electron chi connectivity index (χ3n) is 3.80. The van der Waals surface area contributed by atoms with Crippen molar-refractivity contribution in [3.05, 3.63) is 34.9 Å². The molecule has 1 aromatic carbocycles. The first-order valence-corrected chi connectivity index (χ1v) is 6.37. The van der Waals surface area contributed by atoms with Crippen molar-refractivity contribution >= 4 is 22.6 Å². The molecule has 14 heavy (non-hydrogen) atoms. The van der Waals surface area contributed by atoms with Crippen molar-refractivity contribution < 1.29 is 0 Å². The molecule has 3 aliphatic carbocycles. The molecule has 0 spiro atoms. The molecule has 0 atom stereocenters. The lowest BCUT2D eigenvalue weighted by atomic mass is 9.42. The van der Waals surface area contributed by atoms with Crippen LogP contribution >= 0.6 is 22.6 Å². The summed E-state index contributed by atoms with van der Waals surface area (Å²) in [5.41, 5.74) is 5.05. The normalized spacial score (nSPS) is 38.8. The lowest BCUT2D eigenvalue weighted by molar-refractivity contribution is 0.0219. The van der Waals surface area contributed by atoms with Crippen LogP contribution in [-0.4, -0.2) is 3.42 Å². The summed E-state index contributed by atoms with van der Waals surface area (Å²) in [6.45, 7) is 4.42. The van der Waals surface area contributed by atoms with Gasteiger partial charge in [0.05, 0.1) is 0 Å². The van der Waals surface area contributed by atoms with E-state index in [4.69, 9.17) is 0 Å². The van der Waals surface area contributed by atoms with E-state index in [2.05, 4.69) is 54.6 Å². The van der Waals surface area contributed by atoms with Gasteiger partial charge < -0.3 is 0 Å². The molecule has 3 aliphatic rings.